The maximum absolute atomic E-state index is 11.5. The Morgan fingerprint density at radius 3 is 2.67 bits per heavy atom. The fraction of sp³-hybridized carbons (Fsp3) is 0.143. The zero-order valence-electron chi connectivity index (χ0n) is 16.1. The Balaban J connectivity index is 1.31. The third-order valence-corrected chi connectivity index (χ3v) is 7.13. The highest BCUT2D eigenvalue weighted by Gasteiger charge is 2.10. The number of rotatable bonds is 8. The second-order valence-corrected chi connectivity index (χ2v) is 9.27. The van der Waals surface area contributed by atoms with E-state index in [9.17, 15) is 4.79 Å². The highest BCUT2D eigenvalue weighted by molar-refractivity contribution is 8.00. The van der Waals surface area contributed by atoms with E-state index in [2.05, 4.69) is 27.6 Å². The van der Waals surface area contributed by atoms with E-state index in [1.165, 1.54) is 12.7 Å². The normalized spacial score (nSPS) is 10.7. The van der Waals surface area contributed by atoms with Gasteiger partial charge < -0.3 is 10.1 Å². The Labute approximate surface area is 186 Å². The molecule has 0 saturated heterocycles. The lowest BCUT2D eigenvalue weighted by Crippen LogP contribution is -2.00. The number of hydrogen-bond donors (Lipinski definition) is 1. The van der Waals surface area contributed by atoms with Crippen molar-refractivity contribution in [1.29, 1.82) is 0 Å². The predicted octanol–water partition coefficient (Wildman–Crippen LogP) is 5.35. The number of thiazole rings is 1. The van der Waals surface area contributed by atoms with Crippen LogP contribution in [0.2, 0.25) is 0 Å². The third-order valence-electron chi connectivity index (χ3n) is 4.14. The van der Waals surface area contributed by atoms with E-state index in [0.29, 0.717) is 5.56 Å². The summed E-state index contributed by atoms with van der Waals surface area (Å²) in [5, 5.41) is 15.5. The van der Waals surface area contributed by atoms with Gasteiger partial charge in [-0.25, -0.2) is 9.78 Å². The van der Waals surface area contributed by atoms with Crippen molar-refractivity contribution in [2.75, 3.05) is 12.4 Å². The number of anilines is 1. The van der Waals surface area contributed by atoms with Gasteiger partial charge in [0.05, 0.1) is 18.4 Å². The topological polar surface area (TPSA) is 77.0 Å². The van der Waals surface area contributed by atoms with E-state index >= 15 is 0 Å². The number of esters is 1. The van der Waals surface area contributed by atoms with Crippen molar-refractivity contribution < 1.29 is 9.53 Å². The van der Waals surface area contributed by atoms with Crippen LogP contribution in [-0.2, 0) is 17.0 Å². The molecule has 0 atom stereocenters. The summed E-state index contributed by atoms with van der Waals surface area (Å²) in [6, 6.07) is 17.5. The molecule has 9 heteroatoms. The summed E-state index contributed by atoms with van der Waals surface area (Å²) in [5.74, 6) is 0.386. The summed E-state index contributed by atoms with van der Waals surface area (Å²) in [4.78, 5) is 16.2. The van der Waals surface area contributed by atoms with Gasteiger partial charge in [-0.15, -0.1) is 21.5 Å². The molecule has 2 aromatic heterocycles. The fourth-order valence-corrected chi connectivity index (χ4v) is 5.19. The Morgan fingerprint density at radius 2 is 1.90 bits per heavy atom. The quantitative estimate of drug-likeness (QED) is 0.284. The molecule has 0 unspecified atom stereocenters. The molecule has 0 radical (unpaired) electrons. The second-order valence-electron chi connectivity index (χ2n) is 6.21. The molecule has 0 fully saturated rings. The number of carbonyl (C=O) groups excluding carboxylic acids is 1. The van der Waals surface area contributed by atoms with E-state index in [0.717, 1.165) is 38.0 Å². The molecule has 1 N–H and O–H groups in total. The van der Waals surface area contributed by atoms with Crippen molar-refractivity contribution in [2.24, 2.45) is 0 Å². The van der Waals surface area contributed by atoms with Crippen molar-refractivity contribution in [3.63, 3.8) is 0 Å². The number of nitrogens with zero attached hydrogens (tertiary/aromatic N) is 3. The van der Waals surface area contributed by atoms with Gasteiger partial charge in [0, 0.05) is 23.2 Å². The molecule has 0 bridgehead atoms. The van der Waals surface area contributed by atoms with Gasteiger partial charge in [0.15, 0.2) is 4.34 Å². The molecule has 2 aromatic carbocycles. The summed E-state index contributed by atoms with van der Waals surface area (Å²) in [7, 11) is 1.38. The average molecular weight is 455 g/mol. The molecule has 6 nitrogen and oxygen atoms in total. The number of benzene rings is 2. The van der Waals surface area contributed by atoms with Crippen LogP contribution in [0.15, 0.2) is 64.3 Å². The minimum atomic E-state index is -0.340. The Bertz CT molecular complexity index is 1110. The highest BCUT2D eigenvalue weighted by Crippen LogP contribution is 2.31. The summed E-state index contributed by atoms with van der Waals surface area (Å²) >= 11 is 4.75. The summed E-state index contributed by atoms with van der Waals surface area (Å²) in [6.07, 6.45) is 0. The molecule has 0 aliphatic rings. The number of methoxy groups -OCH3 is 1. The van der Waals surface area contributed by atoms with Gasteiger partial charge in [-0.3, -0.25) is 0 Å². The lowest BCUT2D eigenvalue weighted by atomic mass is 10.1. The first-order valence-corrected chi connectivity index (χ1v) is 11.8. The maximum atomic E-state index is 11.5. The van der Waals surface area contributed by atoms with Crippen LogP contribution in [-0.4, -0.2) is 28.3 Å². The monoisotopic (exact) mass is 454 g/mol. The van der Waals surface area contributed by atoms with Crippen molar-refractivity contribution in [2.45, 2.75) is 16.6 Å². The van der Waals surface area contributed by atoms with Gasteiger partial charge in [0.2, 0.25) is 5.13 Å². The van der Waals surface area contributed by atoms with E-state index in [1.54, 1.807) is 46.6 Å². The zero-order valence-corrected chi connectivity index (χ0v) is 18.5. The van der Waals surface area contributed by atoms with E-state index in [4.69, 9.17) is 9.72 Å². The number of hydrogen-bond acceptors (Lipinski definition) is 9. The summed E-state index contributed by atoms with van der Waals surface area (Å²) < 4.78 is 5.64. The van der Waals surface area contributed by atoms with Crippen LogP contribution < -0.4 is 5.32 Å². The average Bonchev–Trinajstić information content (AvgIpc) is 3.46. The van der Waals surface area contributed by atoms with E-state index < -0.39 is 0 Å². The van der Waals surface area contributed by atoms with Gasteiger partial charge in [-0.05, 0) is 17.7 Å². The standard InChI is InChI=1S/C21H18N4O2S3/c1-27-19(26)16-9-7-15(8-10-16)18-23-17(12-28-18)13-29-21-25-24-20(30-21)22-11-14-5-3-2-4-6-14/h2-10,12H,11,13H2,1H3,(H,22,24). The molecular weight excluding hydrogens is 436 g/mol. The van der Waals surface area contributed by atoms with Gasteiger partial charge in [0.1, 0.15) is 5.01 Å². The smallest absolute Gasteiger partial charge is 0.337 e. The number of nitrogens with one attached hydrogen (secondary N) is 1. The summed E-state index contributed by atoms with van der Waals surface area (Å²) in [5.41, 5.74) is 3.70. The van der Waals surface area contributed by atoms with Crippen LogP contribution in [0.5, 0.6) is 0 Å². The molecule has 30 heavy (non-hydrogen) atoms. The number of ether oxygens (including phenoxy) is 1. The molecule has 0 spiro atoms. The Hall–Kier alpha value is -2.75. The lowest BCUT2D eigenvalue weighted by molar-refractivity contribution is 0.0601. The first kappa shape index (κ1) is 20.5. The minimum Gasteiger partial charge on any atom is -0.465 e. The van der Waals surface area contributed by atoms with E-state index in [1.807, 2.05) is 35.7 Å². The van der Waals surface area contributed by atoms with Crippen LogP contribution in [0.25, 0.3) is 10.6 Å². The Kier molecular flexibility index (Phi) is 6.73. The minimum absolute atomic E-state index is 0.340. The van der Waals surface area contributed by atoms with Crippen molar-refractivity contribution >= 4 is 45.5 Å². The molecular formula is C21H18N4O2S3. The molecule has 2 heterocycles. The third kappa shape index (κ3) is 5.24. The van der Waals surface area contributed by atoms with Gasteiger partial charge >= 0.3 is 5.97 Å². The largest absolute Gasteiger partial charge is 0.465 e. The predicted molar refractivity (Wildman–Crippen MR) is 122 cm³/mol. The SMILES string of the molecule is COC(=O)c1ccc(-c2nc(CSc3nnc(NCc4ccccc4)s3)cs2)cc1. The number of thioether (sulfide) groups is 1. The molecule has 152 valence electrons. The van der Waals surface area contributed by atoms with Crippen LogP contribution in [0.1, 0.15) is 21.6 Å². The van der Waals surface area contributed by atoms with Crippen LogP contribution in [0.3, 0.4) is 0 Å². The van der Waals surface area contributed by atoms with Crippen molar-refractivity contribution in [3.05, 3.63) is 76.8 Å². The number of carbonyl (C=O) groups is 1. The molecule has 0 amide bonds. The number of aromatic nitrogens is 3. The molecule has 4 rings (SSSR count). The fourth-order valence-electron chi connectivity index (χ4n) is 2.62. The zero-order chi connectivity index (χ0) is 20.8. The van der Waals surface area contributed by atoms with Crippen LogP contribution >= 0.6 is 34.4 Å². The van der Waals surface area contributed by atoms with Gasteiger partial charge in [-0.1, -0.05) is 65.6 Å². The van der Waals surface area contributed by atoms with Gasteiger partial charge in [0.25, 0.3) is 0 Å². The lowest BCUT2D eigenvalue weighted by Gasteiger charge is -2.01. The molecule has 0 saturated carbocycles. The second kappa shape index (κ2) is 9.84. The van der Waals surface area contributed by atoms with Crippen LogP contribution in [0, 0.1) is 0 Å². The molecule has 0 aliphatic heterocycles. The highest BCUT2D eigenvalue weighted by atomic mass is 32.2. The molecule has 0 aliphatic carbocycles. The van der Waals surface area contributed by atoms with Crippen molar-refractivity contribution in [3.8, 4) is 10.6 Å². The Morgan fingerprint density at radius 1 is 1.10 bits per heavy atom. The maximum Gasteiger partial charge on any atom is 0.337 e. The summed E-state index contributed by atoms with van der Waals surface area (Å²) in [6.45, 7) is 0.727. The first-order chi connectivity index (χ1) is 14.7. The van der Waals surface area contributed by atoms with Crippen molar-refractivity contribution in [1.82, 2.24) is 15.2 Å². The van der Waals surface area contributed by atoms with E-state index in [-0.39, 0.29) is 5.97 Å². The van der Waals surface area contributed by atoms with Gasteiger partial charge in [-0.2, -0.15) is 0 Å². The first-order valence-electron chi connectivity index (χ1n) is 9.08. The molecule has 4 aromatic rings. The van der Waals surface area contributed by atoms with Crippen LogP contribution in [0.4, 0.5) is 5.13 Å².